The van der Waals surface area contributed by atoms with Crippen molar-refractivity contribution in [1.29, 1.82) is 4.17 Å². The van der Waals surface area contributed by atoms with E-state index in [-0.39, 0.29) is 0 Å². The molecule has 0 aromatic carbocycles. The Morgan fingerprint density at radius 2 is 2.00 bits per heavy atom. The summed E-state index contributed by atoms with van der Waals surface area (Å²) in [6.07, 6.45) is 0.833. The van der Waals surface area contributed by atoms with Gasteiger partial charge in [-0.2, -0.15) is 0 Å². The minimum atomic E-state index is -0.981. The summed E-state index contributed by atoms with van der Waals surface area (Å²) in [5, 5.41) is 7.60. The first-order valence-corrected chi connectivity index (χ1v) is 1.90. The van der Waals surface area contributed by atoms with Gasteiger partial charge in [-0.25, -0.2) is 4.79 Å². The van der Waals surface area contributed by atoms with Crippen molar-refractivity contribution >= 4 is 21.9 Å². The zero-order valence-corrected chi connectivity index (χ0v) is 4.82. The molecule has 0 aromatic heterocycles. The second-order valence-corrected chi connectivity index (χ2v) is 0.542. The molecular formula is C3H4AlNO2. The number of carbonyl (C=O) groups is 1. The second kappa shape index (κ2) is 9.07. The molecule has 36 valence electrons. The van der Waals surface area contributed by atoms with Gasteiger partial charge in [0, 0.05) is 6.08 Å². The fourth-order valence-electron chi connectivity index (χ4n) is 0. The molecule has 0 rings (SSSR count). The molecule has 0 fully saturated rings. The van der Waals surface area contributed by atoms with Gasteiger partial charge in [-0.1, -0.05) is 6.58 Å². The van der Waals surface area contributed by atoms with Crippen molar-refractivity contribution in [2.45, 2.75) is 0 Å². The summed E-state index contributed by atoms with van der Waals surface area (Å²) >= 11 is 1.42. The Balaban J connectivity index is 0. The van der Waals surface area contributed by atoms with Gasteiger partial charge < -0.3 is 5.11 Å². The topological polar surface area (TPSA) is 61.1 Å². The number of hydrogen-bond donors (Lipinski definition) is 1. The Hall–Kier alpha value is -0.548. The Morgan fingerprint density at radius 1 is 1.86 bits per heavy atom. The number of aliphatic carboxylic acids is 1. The van der Waals surface area contributed by atoms with Crippen LogP contribution in [0.4, 0.5) is 0 Å². The average Bonchev–Trinajstić information content (AvgIpc) is 1.73. The van der Waals surface area contributed by atoms with E-state index in [0.29, 0.717) is 0 Å². The molecule has 4 heteroatoms. The molecule has 0 heterocycles. The standard InChI is InChI=1S/C3H4O2.Al.N/c1-2-3(4)5;;/h2H,1H2,(H,4,5);;. The van der Waals surface area contributed by atoms with Gasteiger partial charge in [0.1, 0.15) is 0 Å². The van der Waals surface area contributed by atoms with E-state index in [4.69, 9.17) is 9.27 Å². The van der Waals surface area contributed by atoms with Crippen molar-refractivity contribution < 1.29 is 9.90 Å². The van der Waals surface area contributed by atoms with Crippen LogP contribution in [0, 0.1) is 4.17 Å². The van der Waals surface area contributed by atoms with Crippen LogP contribution in [0.5, 0.6) is 0 Å². The van der Waals surface area contributed by atoms with Crippen molar-refractivity contribution in [3.8, 4) is 0 Å². The molecule has 0 aliphatic carbocycles. The summed E-state index contributed by atoms with van der Waals surface area (Å²) in [6, 6.07) is 0. The van der Waals surface area contributed by atoms with E-state index in [2.05, 4.69) is 6.58 Å². The summed E-state index contributed by atoms with van der Waals surface area (Å²) in [6.45, 7) is 2.96. The molecule has 7 heavy (non-hydrogen) atoms. The molecular weight excluding hydrogens is 109 g/mol. The van der Waals surface area contributed by atoms with Crippen LogP contribution in [0.15, 0.2) is 12.7 Å². The Bertz CT molecular complexity index is 88.2. The summed E-state index contributed by atoms with van der Waals surface area (Å²) in [7, 11) is 0. The van der Waals surface area contributed by atoms with Crippen molar-refractivity contribution in [2.75, 3.05) is 0 Å². The van der Waals surface area contributed by atoms with Crippen LogP contribution in [0.2, 0.25) is 0 Å². The molecule has 1 N–H and O–H groups in total. The molecule has 0 aromatic rings. The van der Waals surface area contributed by atoms with Crippen molar-refractivity contribution in [2.24, 2.45) is 0 Å². The minimum absolute atomic E-state index is 0.833. The molecule has 0 spiro atoms. The van der Waals surface area contributed by atoms with Crippen molar-refractivity contribution in [3.63, 3.8) is 0 Å². The Kier molecular flexibility index (Phi) is 12.5. The summed E-state index contributed by atoms with van der Waals surface area (Å²) in [5.74, 6) is -0.981. The van der Waals surface area contributed by atoms with Crippen LogP contribution in [0.25, 0.3) is 0 Å². The predicted octanol–water partition coefficient (Wildman–Crippen LogP) is -0.109. The van der Waals surface area contributed by atoms with Gasteiger partial charge in [0.15, 0.2) is 0 Å². The van der Waals surface area contributed by atoms with Crippen molar-refractivity contribution in [3.05, 3.63) is 12.7 Å². The molecule has 0 aliphatic rings. The first-order valence-electron chi connectivity index (χ1n) is 1.38. The zero-order valence-electron chi connectivity index (χ0n) is 3.66. The van der Waals surface area contributed by atoms with Gasteiger partial charge in [-0.05, 0) is 0 Å². The first-order chi connectivity index (χ1) is 3.27. The Morgan fingerprint density at radius 3 is 2.00 bits per heavy atom. The molecule has 3 nitrogen and oxygen atoms in total. The summed E-state index contributed by atoms with van der Waals surface area (Å²) in [4.78, 5) is 9.25. The predicted molar refractivity (Wildman–Crippen MR) is 25.3 cm³/mol. The van der Waals surface area contributed by atoms with Gasteiger partial charge in [0.2, 0.25) is 0 Å². The third kappa shape index (κ3) is 30.8. The number of carboxylic acid groups (broad SMARTS) is 1. The zero-order chi connectivity index (χ0) is 6.28. The number of rotatable bonds is 1. The number of nitrogens with zero attached hydrogens (tertiary/aromatic N) is 1. The number of hydrogen-bond acceptors (Lipinski definition) is 2. The molecule has 0 bridgehead atoms. The van der Waals surface area contributed by atoms with Gasteiger partial charge in [0.05, 0.1) is 0 Å². The Labute approximate surface area is 49.3 Å². The molecule has 0 amide bonds. The van der Waals surface area contributed by atoms with Crippen LogP contribution in [-0.2, 0) is 4.79 Å². The van der Waals surface area contributed by atoms with Crippen LogP contribution in [-0.4, -0.2) is 27.0 Å². The van der Waals surface area contributed by atoms with Crippen LogP contribution >= 0.6 is 0 Å². The monoisotopic (exact) mass is 113 g/mol. The van der Waals surface area contributed by atoms with E-state index in [1.54, 1.807) is 0 Å². The number of carboxylic acids is 1. The average molecular weight is 113 g/mol. The van der Waals surface area contributed by atoms with E-state index < -0.39 is 5.97 Å². The van der Waals surface area contributed by atoms with Crippen LogP contribution in [0.1, 0.15) is 0 Å². The fourth-order valence-corrected chi connectivity index (χ4v) is 0. The normalized spacial score (nSPS) is 5.29. The third-order valence-corrected chi connectivity index (χ3v) is 0.175. The SMILES string of the molecule is C=CC(=O)O.[N]#[Al]. The van der Waals surface area contributed by atoms with Crippen LogP contribution in [0.3, 0.4) is 0 Å². The van der Waals surface area contributed by atoms with E-state index >= 15 is 0 Å². The maximum absolute atomic E-state index is 9.25. The van der Waals surface area contributed by atoms with E-state index in [1.165, 1.54) is 15.9 Å². The van der Waals surface area contributed by atoms with Gasteiger partial charge in [-0.3, -0.25) is 0 Å². The third-order valence-electron chi connectivity index (χ3n) is 0.175. The van der Waals surface area contributed by atoms with Gasteiger partial charge >= 0.3 is 26.1 Å². The van der Waals surface area contributed by atoms with Crippen LogP contribution < -0.4 is 0 Å². The molecule has 0 saturated carbocycles. The van der Waals surface area contributed by atoms with Gasteiger partial charge in [0.25, 0.3) is 0 Å². The van der Waals surface area contributed by atoms with E-state index in [1.807, 2.05) is 0 Å². The quantitative estimate of drug-likeness (QED) is 0.381. The summed E-state index contributed by atoms with van der Waals surface area (Å²) < 4.78 is 6.92. The van der Waals surface area contributed by atoms with E-state index in [0.717, 1.165) is 6.08 Å². The van der Waals surface area contributed by atoms with Gasteiger partial charge in [-0.15, -0.1) is 0 Å². The molecule has 0 atom stereocenters. The van der Waals surface area contributed by atoms with Crippen molar-refractivity contribution in [1.82, 2.24) is 0 Å². The first kappa shape index (κ1) is 9.68. The molecule has 0 aliphatic heterocycles. The molecule has 0 saturated heterocycles. The van der Waals surface area contributed by atoms with E-state index in [9.17, 15) is 4.79 Å². The second-order valence-electron chi connectivity index (χ2n) is 0.542. The maximum atomic E-state index is 9.25. The molecule has 0 radical (unpaired) electrons. The fraction of sp³-hybridized carbons (Fsp3) is 0. The molecule has 0 unspecified atom stereocenters. The summed E-state index contributed by atoms with van der Waals surface area (Å²) in [5.41, 5.74) is 0.